The lowest BCUT2D eigenvalue weighted by Gasteiger charge is -2.31. The van der Waals surface area contributed by atoms with Crippen molar-refractivity contribution in [1.82, 2.24) is 10.2 Å². The van der Waals surface area contributed by atoms with Crippen LogP contribution in [-0.2, 0) is 0 Å². The van der Waals surface area contributed by atoms with Gasteiger partial charge in [-0.15, -0.1) is 0 Å². The van der Waals surface area contributed by atoms with Crippen LogP contribution in [0.5, 0.6) is 0 Å². The highest BCUT2D eigenvalue weighted by Gasteiger charge is 2.29. The van der Waals surface area contributed by atoms with Crippen LogP contribution in [0.4, 0.5) is 0 Å². The number of hydrogen-bond donors (Lipinski definition) is 1. The van der Waals surface area contributed by atoms with Crippen LogP contribution in [0.3, 0.4) is 0 Å². The van der Waals surface area contributed by atoms with Crippen molar-refractivity contribution in [2.75, 3.05) is 26.2 Å². The quantitative estimate of drug-likeness (QED) is 0.687. The molecule has 0 amide bonds. The van der Waals surface area contributed by atoms with Crippen molar-refractivity contribution >= 4 is 0 Å². The van der Waals surface area contributed by atoms with E-state index >= 15 is 0 Å². The minimum atomic E-state index is 0.395. The van der Waals surface area contributed by atoms with E-state index in [1.807, 2.05) is 0 Å². The van der Waals surface area contributed by atoms with Gasteiger partial charge in [-0.05, 0) is 39.4 Å². The van der Waals surface area contributed by atoms with Crippen molar-refractivity contribution in [3.63, 3.8) is 0 Å². The fraction of sp³-hybridized carbons (Fsp3) is 1.00. The molecule has 1 rings (SSSR count). The maximum atomic E-state index is 3.59. The predicted octanol–water partition coefficient (Wildman–Crippen LogP) is 1.47. The Morgan fingerprint density at radius 3 is 2.42 bits per heavy atom. The van der Waals surface area contributed by atoms with Crippen molar-refractivity contribution in [3.05, 3.63) is 0 Å². The fourth-order valence-corrected chi connectivity index (χ4v) is 2.03. The molecule has 1 aliphatic heterocycles. The first-order valence-corrected chi connectivity index (χ1v) is 5.17. The molecule has 12 heavy (non-hydrogen) atoms. The molecular formula is C10H22N2. The highest BCUT2D eigenvalue weighted by molar-refractivity contribution is 4.90. The average molecular weight is 170 g/mol. The van der Waals surface area contributed by atoms with Gasteiger partial charge in [0.2, 0.25) is 0 Å². The van der Waals surface area contributed by atoms with E-state index in [1.54, 1.807) is 0 Å². The molecule has 1 unspecified atom stereocenters. The van der Waals surface area contributed by atoms with Crippen LogP contribution in [0.1, 0.15) is 33.6 Å². The summed E-state index contributed by atoms with van der Waals surface area (Å²) < 4.78 is 0. The first-order chi connectivity index (χ1) is 5.70. The second kappa shape index (κ2) is 4.24. The van der Waals surface area contributed by atoms with Gasteiger partial charge in [0, 0.05) is 12.1 Å². The molecule has 0 aromatic rings. The average Bonchev–Trinajstić information content (AvgIpc) is 2.48. The Labute approximate surface area is 76.3 Å². The minimum absolute atomic E-state index is 0.395. The summed E-state index contributed by atoms with van der Waals surface area (Å²) in [6.07, 6.45) is 2.68. The molecule has 1 heterocycles. The van der Waals surface area contributed by atoms with Gasteiger partial charge in [0.15, 0.2) is 0 Å². The zero-order valence-electron chi connectivity index (χ0n) is 8.69. The summed E-state index contributed by atoms with van der Waals surface area (Å²) in [5, 5.41) is 3.59. The second-order valence-electron chi connectivity index (χ2n) is 4.05. The van der Waals surface area contributed by atoms with Crippen LogP contribution < -0.4 is 5.32 Å². The standard InChI is InChI=1S/C10H22N2/c1-4-12(5-2)9-10(3)7-6-8-11-10/h11H,4-9H2,1-3H3. The van der Waals surface area contributed by atoms with E-state index in [1.165, 1.54) is 39.0 Å². The largest absolute Gasteiger partial charge is 0.310 e. The van der Waals surface area contributed by atoms with Crippen LogP contribution in [0.25, 0.3) is 0 Å². The number of rotatable bonds is 4. The Kier molecular flexibility index (Phi) is 3.53. The highest BCUT2D eigenvalue weighted by Crippen LogP contribution is 2.19. The molecular weight excluding hydrogens is 148 g/mol. The lowest BCUT2D eigenvalue weighted by atomic mass is 10.00. The Balaban J connectivity index is 2.36. The third-order valence-corrected chi connectivity index (χ3v) is 2.92. The maximum absolute atomic E-state index is 3.59. The van der Waals surface area contributed by atoms with Gasteiger partial charge >= 0.3 is 0 Å². The molecule has 1 fully saturated rings. The fourth-order valence-electron chi connectivity index (χ4n) is 2.03. The summed E-state index contributed by atoms with van der Waals surface area (Å²) in [6, 6.07) is 0. The maximum Gasteiger partial charge on any atom is 0.0280 e. The molecule has 2 nitrogen and oxygen atoms in total. The number of nitrogens with zero attached hydrogens (tertiary/aromatic N) is 1. The zero-order valence-corrected chi connectivity index (χ0v) is 8.69. The van der Waals surface area contributed by atoms with Gasteiger partial charge in [0.1, 0.15) is 0 Å². The van der Waals surface area contributed by atoms with Gasteiger partial charge in [-0.25, -0.2) is 0 Å². The van der Waals surface area contributed by atoms with Crippen LogP contribution in [0.15, 0.2) is 0 Å². The van der Waals surface area contributed by atoms with E-state index in [2.05, 4.69) is 31.0 Å². The summed E-state index contributed by atoms with van der Waals surface area (Å²) in [4.78, 5) is 2.50. The van der Waals surface area contributed by atoms with Crippen LogP contribution >= 0.6 is 0 Å². The van der Waals surface area contributed by atoms with Crippen LogP contribution in [0, 0.1) is 0 Å². The predicted molar refractivity (Wildman–Crippen MR) is 53.4 cm³/mol. The first-order valence-electron chi connectivity index (χ1n) is 5.17. The molecule has 1 aliphatic rings. The summed E-state index contributed by atoms with van der Waals surface area (Å²) in [7, 11) is 0. The van der Waals surface area contributed by atoms with E-state index in [4.69, 9.17) is 0 Å². The number of nitrogens with one attached hydrogen (secondary N) is 1. The van der Waals surface area contributed by atoms with Gasteiger partial charge in [-0.3, -0.25) is 0 Å². The first kappa shape index (κ1) is 10.0. The van der Waals surface area contributed by atoms with E-state index in [0.29, 0.717) is 5.54 Å². The normalized spacial score (nSPS) is 30.0. The topological polar surface area (TPSA) is 15.3 Å². The summed E-state index contributed by atoms with van der Waals surface area (Å²) in [6.45, 7) is 11.6. The molecule has 0 aromatic carbocycles. The third kappa shape index (κ3) is 2.46. The van der Waals surface area contributed by atoms with Crippen LogP contribution in [-0.4, -0.2) is 36.6 Å². The molecule has 2 heteroatoms. The minimum Gasteiger partial charge on any atom is -0.310 e. The van der Waals surface area contributed by atoms with Gasteiger partial charge in [-0.1, -0.05) is 13.8 Å². The van der Waals surface area contributed by atoms with Crippen molar-refractivity contribution < 1.29 is 0 Å². The molecule has 0 aromatic heterocycles. The summed E-state index contributed by atoms with van der Waals surface area (Å²) >= 11 is 0. The molecule has 1 saturated heterocycles. The lowest BCUT2D eigenvalue weighted by molar-refractivity contribution is 0.220. The SMILES string of the molecule is CCN(CC)CC1(C)CCCN1. The molecule has 0 aliphatic carbocycles. The number of hydrogen-bond acceptors (Lipinski definition) is 2. The smallest absolute Gasteiger partial charge is 0.0280 e. The molecule has 1 atom stereocenters. The van der Waals surface area contributed by atoms with Crippen molar-refractivity contribution in [2.45, 2.75) is 39.2 Å². The monoisotopic (exact) mass is 170 g/mol. The third-order valence-electron chi connectivity index (χ3n) is 2.92. The van der Waals surface area contributed by atoms with Gasteiger partial charge in [0.05, 0.1) is 0 Å². The van der Waals surface area contributed by atoms with Gasteiger partial charge < -0.3 is 10.2 Å². The summed E-state index contributed by atoms with van der Waals surface area (Å²) in [5.41, 5.74) is 0.395. The van der Waals surface area contributed by atoms with E-state index < -0.39 is 0 Å². The molecule has 0 saturated carbocycles. The van der Waals surface area contributed by atoms with Crippen molar-refractivity contribution in [1.29, 1.82) is 0 Å². The van der Waals surface area contributed by atoms with Gasteiger partial charge in [0.25, 0.3) is 0 Å². The Morgan fingerprint density at radius 2 is 2.00 bits per heavy atom. The van der Waals surface area contributed by atoms with E-state index in [9.17, 15) is 0 Å². The number of likely N-dealkylation sites (N-methyl/N-ethyl adjacent to an activating group) is 1. The Bertz CT molecular complexity index is 124. The van der Waals surface area contributed by atoms with Crippen molar-refractivity contribution in [3.8, 4) is 0 Å². The van der Waals surface area contributed by atoms with Crippen LogP contribution in [0.2, 0.25) is 0 Å². The Morgan fingerprint density at radius 1 is 1.33 bits per heavy atom. The molecule has 0 radical (unpaired) electrons. The Hall–Kier alpha value is -0.0800. The molecule has 0 bridgehead atoms. The summed E-state index contributed by atoms with van der Waals surface area (Å²) in [5.74, 6) is 0. The van der Waals surface area contributed by atoms with E-state index in [0.717, 1.165) is 0 Å². The molecule has 72 valence electrons. The highest BCUT2D eigenvalue weighted by atomic mass is 15.2. The molecule has 1 N–H and O–H groups in total. The van der Waals surface area contributed by atoms with E-state index in [-0.39, 0.29) is 0 Å². The molecule has 0 spiro atoms. The second-order valence-corrected chi connectivity index (χ2v) is 4.05. The van der Waals surface area contributed by atoms with Crippen molar-refractivity contribution in [2.24, 2.45) is 0 Å². The van der Waals surface area contributed by atoms with Gasteiger partial charge in [-0.2, -0.15) is 0 Å². The zero-order chi connectivity index (χ0) is 9.03. The lowest BCUT2D eigenvalue weighted by Crippen LogP contribution is -2.47.